The molecule has 0 atom stereocenters. The van der Waals surface area contributed by atoms with E-state index in [1.807, 2.05) is 19.1 Å². The number of para-hydroxylation sites is 1. The van der Waals surface area contributed by atoms with Gasteiger partial charge in [-0.25, -0.2) is 4.79 Å². The molecule has 3 rings (SSSR count). The van der Waals surface area contributed by atoms with Crippen LogP contribution in [0.1, 0.15) is 5.56 Å². The van der Waals surface area contributed by atoms with Crippen LogP contribution in [0.2, 0.25) is 15.1 Å². The van der Waals surface area contributed by atoms with Crippen LogP contribution in [0.25, 0.3) is 11.0 Å². The highest BCUT2D eigenvalue weighted by Gasteiger charge is 2.16. The van der Waals surface area contributed by atoms with Crippen LogP contribution in [0.3, 0.4) is 0 Å². The van der Waals surface area contributed by atoms with Crippen molar-refractivity contribution >= 4 is 45.8 Å². The SMILES string of the molecule is Cc1cccc(Cl)c1Oc1cc(=O)oc2c(Cl)ccc(Cl)c12. The van der Waals surface area contributed by atoms with Gasteiger partial charge < -0.3 is 9.15 Å². The molecule has 22 heavy (non-hydrogen) atoms. The summed E-state index contributed by atoms with van der Waals surface area (Å²) in [4.78, 5) is 11.7. The standard InChI is InChI=1S/C16H9Cl3O3/c1-8-3-2-4-10(18)15(8)21-12-7-13(20)22-16-11(19)6-5-9(17)14(12)16/h2-7H,1H3. The van der Waals surface area contributed by atoms with Crippen molar-refractivity contribution < 1.29 is 9.15 Å². The molecule has 1 aromatic heterocycles. The normalized spacial score (nSPS) is 10.9. The van der Waals surface area contributed by atoms with Crippen LogP contribution >= 0.6 is 34.8 Å². The fourth-order valence-electron chi connectivity index (χ4n) is 2.11. The number of ether oxygens (including phenoxy) is 1. The second kappa shape index (κ2) is 5.84. The number of aryl methyl sites for hydroxylation is 1. The molecule has 0 unspecified atom stereocenters. The largest absolute Gasteiger partial charge is 0.454 e. The van der Waals surface area contributed by atoms with Crippen LogP contribution in [0.15, 0.2) is 45.6 Å². The third kappa shape index (κ3) is 2.68. The van der Waals surface area contributed by atoms with Gasteiger partial charge in [0.2, 0.25) is 0 Å². The van der Waals surface area contributed by atoms with E-state index in [0.717, 1.165) is 5.56 Å². The molecule has 112 valence electrons. The van der Waals surface area contributed by atoms with E-state index in [-0.39, 0.29) is 16.4 Å². The molecule has 3 nitrogen and oxygen atoms in total. The van der Waals surface area contributed by atoms with Gasteiger partial charge in [0.1, 0.15) is 11.5 Å². The summed E-state index contributed by atoms with van der Waals surface area (Å²) in [7, 11) is 0. The Balaban J connectivity index is 2.28. The number of hydrogen-bond acceptors (Lipinski definition) is 3. The quantitative estimate of drug-likeness (QED) is 0.541. The van der Waals surface area contributed by atoms with Gasteiger partial charge in [-0.3, -0.25) is 0 Å². The van der Waals surface area contributed by atoms with Crippen molar-refractivity contribution in [2.24, 2.45) is 0 Å². The van der Waals surface area contributed by atoms with E-state index in [2.05, 4.69) is 0 Å². The summed E-state index contributed by atoms with van der Waals surface area (Å²) < 4.78 is 11.0. The van der Waals surface area contributed by atoms with Gasteiger partial charge in [-0.15, -0.1) is 0 Å². The van der Waals surface area contributed by atoms with Crippen molar-refractivity contribution in [2.45, 2.75) is 6.92 Å². The molecule has 0 aliphatic heterocycles. The summed E-state index contributed by atoms with van der Waals surface area (Å²) >= 11 is 18.4. The Kier molecular flexibility index (Phi) is 4.04. The van der Waals surface area contributed by atoms with Crippen molar-refractivity contribution in [3.05, 3.63) is 67.4 Å². The van der Waals surface area contributed by atoms with E-state index in [1.54, 1.807) is 18.2 Å². The summed E-state index contributed by atoms with van der Waals surface area (Å²) in [6.07, 6.45) is 0. The van der Waals surface area contributed by atoms with Gasteiger partial charge in [0.15, 0.2) is 5.58 Å². The Morgan fingerprint density at radius 2 is 1.73 bits per heavy atom. The second-order valence-electron chi connectivity index (χ2n) is 4.65. The maximum atomic E-state index is 11.7. The molecule has 2 aromatic carbocycles. The summed E-state index contributed by atoms with van der Waals surface area (Å²) in [5, 5.41) is 1.49. The first-order chi connectivity index (χ1) is 10.5. The zero-order chi connectivity index (χ0) is 15.9. The van der Waals surface area contributed by atoms with Crippen LogP contribution in [0.4, 0.5) is 0 Å². The van der Waals surface area contributed by atoms with E-state index in [4.69, 9.17) is 44.0 Å². The average Bonchev–Trinajstić information content (AvgIpc) is 2.46. The highest BCUT2D eigenvalue weighted by Crippen LogP contribution is 2.39. The van der Waals surface area contributed by atoms with Gasteiger partial charge in [0.25, 0.3) is 0 Å². The third-order valence-electron chi connectivity index (χ3n) is 3.13. The molecule has 1 heterocycles. The fraction of sp³-hybridized carbons (Fsp3) is 0.0625. The molecule has 0 amide bonds. The molecule has 0 saturated carbocycles. The lowest BCUT2D eigenvalue weighted by Crippen LogP contribution is -2.00. The van der Waals surface area contributed by atoms with E-state index >= 15 is 0 Å². The fourth-order valence-corrected chi connectivity index (χ4v) is 2.81. The van der Waals surface area contributed by atoms with Crippen LogP contribution < -0.4 is 10.4 Å². The number of halogens is 3. The molecule has 3 aromatic rings. The minimum atomic E-state index is -0.587. The molecular formula is C16H9Cl3O3. The predicted octanol–water partition coefficient (Wildman–Crippen LogP) is 5.85. The average molecular weight is 356 g/mol. The van der Waals surface area contributed by atoms with E-state index in [0.29, 0.717) is 21.2 Å². The van der Waals surface area contributed by atoms with Crippen molar-refractivity contribution in [3.63, 3.8) is 0 Å². The third-order valence-corrected chi connectivity index (χ3v) is 4.04. The Labute approximate surface area is 141 Å². The van der Waals surface area contributed by atoms with Crippen LogP contribution in [-0.4, -0.2) is 0 Å². The van der Waals surface area contributed by atoms with E-state index < -0.39 is 5.63 Å². The smallest absolute Gasteiger partial charge is 0.340 e. The first-order valence-corrected chi connectivity index (χ1v) is 7.45. The Morgan fingerprint density at radius 3 is 2.45 bits per heavy atom. The number of benzene rings is 2. The lowest BCUT2D eigenvalue weighted by molar-refractivity contribution is 0.472. The number of rotatable bonds is 2. The lowest BCUT2D eigenvalue weighted by atomic mass is 10.2. The van der Waals surface area contributed by atoms with Crippen molar-refractivity contribution in [3.8, 4) is 11.5 Å². The first kappa shape index (κ1) is 15.2. The minimum Gasteiger partial charge on any atom is -0.454 e. The molecular weight excluding hydrogens is 347 g/mol. The van der Waals surface area contributed by atoms with Crippen molar-refractivity contribution in [1.29, 1.82) is 0 Å². The number of fused-ring (bicyclic) bond motifs is 1. The molecule has 0 saturated heterocycles. The van der Waals surface area contributed by atoms with Crippen LogP contribution in [0, 0.1) is 6.92 Å². The molecule has 6 heteroatoms. The van der Waals surface area contributed by atoms with Gasteiger partial charge in [0, 0.05) is 0 Å². The van der Waals surface area contributed by atoms with E-state index in [1.165, 1.54) is 6.07 Å². The second-order valence-corrected chi connectivity index (χ2v) is 5.87. The summed E-state index contributed by atoms with van der Waals surface area (Å²) in [6.45, 7) is 1.85. The van der Waals surface area contributed by atoms with Crippen molar-refractivity contribution in [1.82, 2.24) is 0 Å². The minimum absolute atomic E-state index is 0.182. The topological polar surface area (TPSA) is 39.4 Å². The Hall–Kier alpha value is -1.68. The molecule has 0 aliphatic rings. The van der Waals surface area contributed by atoms with Crippen LogP contribution in [0.5, 0.6) is 11.5 Å². The van der Waals surface area contributed by atoms with Gasteiger partial charge >= 0.3 is 5.63 Å². The molecule has 0 aliphatic carbocycles. The van der Waals surface area contributed by atoms with Gasteiger partial charge in [-0.1, -0.05) is 46.9 Å². The maximum Gasteiger partial charge on any atom is 0.340 e. The maximum absolute atomic E-state index is 11.7. The van der Waals surface area contributed by atoms with E-state index in [9.17, 15) is 4.79 Å². The zero-order valence-corrected chi connectivity index (χ0v) is 13.6. The van der Waals surface area contributed by atoms with Gasteiger partial charge in [-0.2, -0.15) is 0 Å². The first-order valence-electron chi connectivity index (χ1n) is 6.32. The zero-order valence-electron chi connectivity index (χ0n) is 11.3. The van der Waals surface area contributed by atoms with Gasteiger partial charge in [0.05, 0.1) is 26.5 Å². The predicted molar refractivity (Wildman–Crippen MR) is 88.8 cm³/mol. The summed E-state index contributed by atoms with van der Waals surface area (Å²) in [5.41, 5.74) is 0.421. The highest BCUT2D eigenvalue weighted by molar-refractivity contribution is 6.40. The van der Waals surface area contributed by atoms with Crippen molar-refractivity contribution in [2.75, 3.05) is 0 Å². The van der Waals surface area contributed by atoms with Crippen LogP contribution in [-0.2, 0) is 0 Å². The Bertz CT molecular complexity index is 912. The number of hydrogen-bond donors (Lipinski definition) is 0. The molecule has 0 bridgehead atoms. The molecule has 0 fully saturated rings. The molecule has 0 radical (unpaired) electrons. The monoisotopic (exact) mass is 354 g/mol. The summed E-state index contributed by atoms with van der Waals surface area (Å²) in [5.74, 6) is 0.696. The lowest BCUT2D eigenvalue weighted by Gasteiger charge is -2.12. The molecule has 0 N–H and O–H groups in total. The van der Waals surface area contributed by atoms with Gasteiger partial charge in [-0.05, 0) is 30.7 Å². The Morgan fingerprint density at radius 1 is 1.00 bits per heavy atom. The molecule has 0 spiro atoms. The highest BCUT2D eigenvalue weighted by atomic mass is 35.5. The summed E-state index contributed by atoms with van der Waals surface area (Å²) in [6, 6.07) is 9.74.